The first-order valence-corrected chi connectivity index (χ1v) is 32.7. The van der Waals surface area contributed by atoms with Crippen molar-refractivity contribution in [2.75, 3.05) is 13.2 Å². The lowest BCUT2D eigenvalue weighted by molar-refractivity contribution is -0.167. The first-order valence-electron chi connectivity index (χ1n) is 32.7. The third-order valence-electron chi connectivity index (χ3n) is 13.6. The molecular formula is C73H120O6. The Morgan fingerprint density at radius 2 is 0.494 bits per heavy atom. The summed E-state index contributed by atoms with van der Waals surface area (Å²) in [7, 11) is 0. The molecular weight excluding hydrogens is 973 g/mol. The highest BCUT2D eigenvalue weighted by molar-refractivity contribution is 5.71. The SMILES string of the molecule is CC/C=C\C/C=C\C/C=C\C/C=C\CCCCCCCCCCC(=O)OCC(COC(=O)CCCCCCCC/C=C\C/C=C\C/C=C\C/C=C\CC)OC(=O)CCCCCCCC/C=C\C/C=C\C/C=C\CCCCCCC. The van der Waals surface area contributed by atoms with E-state index < -0.39 is 6.10 Å². The van der Waals surface area contributed by atoms with Crippen molar-refractivity contribution in [2.24, 2.45) is 0 Å². The van der Waals surface area contributed by atoms with Gasteiger partial charge in [0.15, 0.2) is 6.10 Å². The van der Waals surface area contributed by atoms with Gasteiger partial charge in [-0.1, -0.05) is 270 Å². The molecule has 0 aliphatic carbocycles. The van der Waals surface area contributed by atoms with Crippen molar-refractivity contribution < 1.29 is 28.6 Å². The molecule has 0 aromatic heterocycles. The fourth-order valence-corrected chi connectivity index (χ4v) is 8.79. The molecule has 0 saturated heterocycles. The summed E-state index contributed by atoms with van der Waals surface area (Å²) in [5.41, 5.74) is 0. The Kier molecular flexibility index (Phi) is 62.3. The predicted octanol–water partition coefficient (Wildman–Crippen LogP) is 22.5. The Bertz CT molecular complexity index is 1680. The second kappa shape index (κ2) is 66.1. The quantitative estimate of drug-likeness (QED) is 0.0261. The summed E-state index contributed by atoms with van der Waals surface area (Å²) in [6.45, 7) is 6.39. The van der Waals surface area contributed by atoms with Crippen LogP contribution in [-0.4, -0.2) is 37.2 Å². The molecule has 0 radical (unpaired) electrons. The van der Waals surface area contributed by atoms with Gasteiger partial charge in [0.1, 0.15) is 13.2 Å². The van der Waals surface area contributed by atoms with Crippen molar-refractivity contribution in [3.63, 3.8) is 0 Å². The number of carbonyl (C=O) groups is 3. The predicted molar refractivity (Wildman–Crippen MR) is 343 cm³/mol. The number of rotatable bonds is 58. The first kappa shape index (κ1) is 74.5. The van der Waals surface area contributed by atoms with Crippen LogP contribution in [0.4, 0.5) is 0 Å². The first-order chi connectivity index (χ1) is 39.0. The molecule has 0 bridgehead atoms. The lowest BCUT2D eigenvalue weighted by atomic mass is 10.1. The minimum Gasteiger partial charge on any atom is -0.462 e. The maximum atomic E-state index is 12.9. The van der Waals surface area contributed by atoms with Crippen molar-refractivity contribution in [3.8, 4) is 0 Å². The summed E-state index contributed by atoms with van der Waals surface area (Å²) in [5, 5.41) is 0. The maximum absolute atomic E-state index is 12.9. The highest BCUT2D eigenvalue weighted by Crippen LogP contribution is 2.15. The number of carbonyl (C=O) groups excluding carboxylic acids is 3. The van der Waals surface area contributed by atoms with Crippen molar-refractivity contribution in [2.45, 2.75) is 297 Å². The Morgan fingerprint density at radius 3 is 0.772 bits per heavy atom. The van der Waals surface area contributed by atoms with E-state index in [-0.39, 0.29) is 31.1 Å². The van der Waals surface area contributed by atoms with Crippen LogP contribution in [0.5, 0.6) is 0 Å². The topological polar surface area (TPSA) is 78.9 Å². The molecule has 6 heteroatoms. The van der Waals surface area contributed by atoms with Crippen LogP contribution in [0.15, 0.2) is 134 Å². The fourth-order valence-electron chi connectivity index (χ4n) is 8.79. The number of esters is 3. The van der Waals surface area contributed by atoms with Crippen molar-refractivity contribution in [1.82, 2.24) is 0 Å². The van der Waals surface area contributed by atoms with Gasteiger partial charge in [-0.3, -0.25) is 14.4 Å². The molecule has 0 saturated carbocycles. The summed E-state index contributed by atoms with van der Waals surface area (Å²) in [6, 6.07) is 0. The van der Waals surface area contributed by atoms with Crippen LogP contribution in [0.2, 0.25) is 0 Å². The van der Waals surface area contributed by atoms with E-state index in [1.165, 1.54) is 96.3 Å². The zero-order chi connectivity index (χ0) is 57.1. The van der Waals surface area contributed by atoms with Crippen LogP contribution in [-0.2, 0) is 28.6 Å². The van der Waals surface area contributed by atoms with E-state index in [9.17, 15) is 14.4 Å². The average Bonchev–Trinajstić information content (AvgIpc) is 3.45. The number of unbranched alkanes of at least 4 members (excludes halogenated alkanes) is 25. The van der Waals surface area contributed by atoms with Gasteiger partial charge in [0.25, 0.3) is 0 Å². The van der Waals surface area contributed by atoms with Gasteiger partial charge in [-0.05, 0) is 135 Å². The largest absolute Gasteiger partial charge is 0.462 e. The molecule has 0 N–H and O–H groups in total. The van der Waals surface area contributed by atoms with Gasteiger partial charge in [0.2, 0.25) is 0 Å². The molecule has 0 aromatic carbocycles. The summed E-state index contributed by atoms with van der Waals surface area (Å²) in [4.78, 5) is 38.4. The normalized spacial score (nSPS) is 13.0. The standard InChI is InChI=1S/C73H120O6/c1-4-7-10-13-16-19-22-25-28-31-34-36-39-42-45-48-51-54-57-60-63-66-72(75)78-69-70(68-77-71(74)65-62-59-56-53-50-47-44-41-38-33-30-27-24-21-18-15-12-9-6-3)79-73(76)67-64-61-58-55-52-49-46-43-40-37-35-32-29-26-23-20-17-14-11-8-5-2/h7,9-10,12,16,18-19,21,23,25-28,30,32,34-36,38,40-41,43,70H,4-6,8,11,13-15,17,20,22,24,29,31,33,37,39,42,44-69H2,1-3H3/b10-7-,12-9-,19-16-,21-18-,26-23-,28-25-,30-27-,35-32-,36-34-,41-38-,43-40-. The van der Waals surface area contributed by atoms with Gasteiger partial charge < -0.3 is 14.2 Å². The van der Waals surface area contributed by atoms with Gasteiger partial charge in [0, 0.05) is 19.3 Å². The van der Waals surface area contributed by atoms with E-state index in [4.69, 9.17) is 14.2 Å². The lowest BCUT2D eigenvalue weighted by Gasteiger charge is -2.18. The number of allylic oxidation sites excluding steroid dienone is 22. The third kappa shape index (κ3) is 64.3. The van der Waals surface area contributed by atoms with Crippen LogP contribution >= 0.6 is 0 Å². The number of ether oxygens (including phenoxy) is 3. The molecule has 0 rings (SSSR count). The molecule has 1 unspecified atom stereocenters. The van der Waals surface area contributed by atoms with Gasteiger partial charge in [-0.25, -0.2) is 0 Å². The average molecular weight is 1090 g/mol. The number of hydrogen-bond acceptors (Lipinski definition) is 6. The van der Waals surface area contributed by atoms with E-state index >= 15 is 0 Å². The Morgan fingerprint density at radius 1 is 0.266 bits per heavy atom. The van der Waals surface area contributed by atoms with Crippen molar-refractivity contribution in [1.29, 1.82) is 0 Å². The summed E-state index contributed by atoms with van der Waals surface area (Å²) in [5.74, 6) is -0.926. The van der Waals surface area contributed by atoms with Crippen LogP contribution in [0, 0.1) is 0 Å². The molecule has 0 spiro atoms. The van der Waals surface area contributed by atoms with Gasteiger partial charge >= 0.3 is 17.9 Å². The van der Waals surface area contributed by atoms with Gasteiger partial charge in [0.05, 0.1) is 0 Å². The lowest BCUT2D eigenvalue weighted by Crippen LogP contribution is -2.30. The molecule has 448 valence electrons. The molecule has 0 aromatic rings. The molecule has 79 heavy (non-hydrogen) atoms. The van der Waals surface area contributed by atoms with Crippen LogP contribution in [0.3, 0.4) is 0 Å². The van der Waals surface area contributed by atoms with Gasteiger partial charge in [-0.2, -0.15) is 0 Å². The van der Waals surface area contributed by atoms with Gasteiger partial charge in [-0.15, -0.1) is 0 Å². The van der Waals surface area contributed by atoms with E-state index in [0.29, 0.717) is 19.3 Å². The van der Waals surface area contributed by atoms with Crippen molar-refractivity contribution >= 4 is 17.9 Å². The molecule has 0 fully saturated rings. The molecule has 0 heterocycles. The van der Waals surface area contributed by atoms with E-state index in [1.807, 2.05) is 0 Å². The van der Waals surface area contributed by atoms with E-state index in [1.54, 1.807) is 0 Å². The van der Waals surface area contributed by atoms with Crippen LogP contribution in [0.1, 0.15) is 290 Å². The van der Waals surface area contributed by atoms with Crippen LogP contribution < -0.4 is 0 Å². The minimum absolute atomic E-state index is 0.0962. The second-order valence-corrected chi connectivity index (χ2v) is 21.3. The Labute approximate surface area is 487 Å². The summed E-state index contributed by atoms with van der Waals surface area (Å²) < 4.78 is 16.9. The Hall–Kier alpha value is -4.45. The van der Waals surface area contributed by atoms with E-state index in [2.05, 4.69) is 154 Å². The zero-order valence-electron chi connectivity index (χ0n) is 51.3. The summed E-state index contributed by atoms with van der Waals surface area (Å²) >= 11 is 0. The minimum atomic E-state index is -0.802. The summed E-state index contributed by atoms with van der Waals surface area (Å²) in [6.07, 6.45) is 93.0. The van der Waals surface area contributed by atoms with E-state index in [0.717, 1.165) is 154 Å². The zero-order valence-corrected chi connectivity index (χ0v) is 51.3. The second-order valence-electron chi connectivity index (χ2n) is 21.3. The van der Waals surface area contributed by atoms with Crippen LogP contribution in [0.25, 0.3) is 0 Å². The molecule has 0 amide bonds. The highest BCUT2D eigenvalue weighted by Gasteiger charge is 2.19. The molecule has 0 aliphatic rings. The smallest absolute Gasteiger partial charge is 0.306 e. The highest BCUT2D eigenvalue weighted by atomic mass is 16.6. The molecule has 1 atom stereocenters. The molecule has 0 aliphatic heterocycles. The molecule has 6 nitrogen and oxygen atoms in total. The number of hydrogen-bond donors (Lipinski definition) is 0. The Balaban J connectivity index is 4.48. The fraction of sp³-hybridized carbons (Fsp3) is 0.658. The van der Waals surface area contributed by atoms with Crippen molar-refractivity contribution in [3.05, 3.63) is 134 Å². The monoisotopic (exact) mass is 1090 g/mol. The third-order valence-corrected chi connectivity index (χ3v) is 13.6. The maximum Gasteiger partial charge on any atom is 0.306 e.